The summed E-state index contributed by atoms with van der Waals surface area (Å²) in [4.78, 5) is 72.3. The summed E-state index contributed by atoms with van der Waals surface area (Å²) in [7, 11) is 2.73. The number of amides is 2. The van der Waals surface area contributed by atoms with E-state index in [1.807, 2.05) is 43.3 Å². The van der Waals surface area contributed by atoms with Crippen molar-refractivity contribution in [2.75, 3.05) is 27.4 Å². The van der Waals surface area contributed by atoms with Crippen LogP contribution in [0.25, 0.3) is 0 Å². The SMILES string of the molecule is COc1ccnc(C(=O)N[C@H]2CCO[C@H](CCc3ccccc3)[C@@H](Cc3ccc(F)cc3)[C@H](C)OC2=O)c1O.COc1ccnc(C(=O)N[C@H]2CCO[C@H](CCc3ccccc3)[C@@H](Cc3ccc(F)cc3)[C@H](C)OC2=O)c1OC(C)=O. The van der Waals surface area contributed by atoms with Crippen LogP contribution in [0.2, 0.25) is 0 Å². The molecule has 0 radical (unpaired) electrons. The Kier molecular flexibility index (Phi) is 22.2. The number of carbonyl (C=O) groups is 5. The third-order valence-corrected chi connectivity index (χ3v) is 14.2. The first-order valence-corrected chi connectivity index (χ1v) is 26.9. The van der Waals surface area contributed by atoms with E-state index in [-0.39, 0.29) is 90.4 Å². The number of hydrogen-bond donors (Lipinski definition) is 3. The molecule has 0 unspecified atom stereocenters. The normalized spacial score (nSPS) is 21.2. The highest BCUT2D eigenvalue weighted by molar-refractivity contribution is 5.99. The molecule has 4 aromatic carbocycles. The molecule has 0 aliphatic carbocycles. The number of aromatic nitrogens is 2. The molecule has 2 fully saturated rings. The van der Waals surface area contributed by atoms with Crippen LogP contribution in [-0.4, -0.2) is 109 Å². The predicted octanol–water partition coefficient (Wildman–Crippen LogP) is 8.71. The molecule has 0 spiro atoms. The maximum Gasteiger partial charge on any atom is 0.329 e. The maximum absolute atomic E-state index is 13.6. The third-order valence-electron chi connectivity index (χ3n) is 14.2. The Labute approximate surface area is 469 Å². The molecule has 8 rings (SSSR count). The van der Waals surface area contributed by atoms with Gasteiger partial charge in [0.15, 0.2) is 28.6 Å². The maximum atomic E-state index is 13.6. The van der Waals surface area contributed by atoms with E-state index in [1.165, 1.54) is 75.5 Å². The molecule has 19 heteroatoms. The molecule has 6 aromatic rings. The van der Waals surface area contributed by atoms with Crippen molar-refractivity contribution in [1.82, 2.24) is 20.6 Å². The van der Waals surface area contributed by atoms with Gasteiger partial charge in [0, 0.05) is 69.3 Å². The molecule has 2 aliphatic rings. The van der Waals surface area contributed by atoms with E-state index in [0.717, 1.165) is 29.5 Å². The summed E-state index contributed by atoms with van der Waals surface area (Å²) in [6.45, 7) is 5.18. The Morgan fingerprint density at radius 1 is 0.593 bits per heavy atom. The molecule has 428 valence electrons. The summed E-state index contributed by atoms with van der Waals surface area (Å²) in [5.74, 6) is -4.76. The fourth-order valence-corrected chi connectivity index (χ4v) is 9.83. The average molecular weight is 1120 g/mol. The number of aromatic hydroxyl groups is 1. The summed E-state index contributed by atoms with van der Waals surface area (Å²) in [6, 6.07) is 33.4. The van der Waals surface area contributed by atoms with Crippen LogP contribution in [0, 0.1) is 23.5 Å². The van der Waals surface area contributed by atoms with Crippen LogP contribution in [0.4, 0.5) is 8.78 Å². The van der Waals surface area contributed by atoms with Crippen LogP contribution in [0.5, 0.6) is 23.0 Å². The average Bonchev–Trinajstić information content (AvgIpc) is 3.64. The standard InChI is InChI=1S/C32H35FN2O7.C30H33FN2O6/c1-20-25(19-23-9-12-24(33)13-10-23)27(14-11-22-7-5-4-6-8-22)40-18-16-26(32(38)41-20)35-31(37)29-30(42-21(2)36)28(39-3)15-17-34-29;1-19-23(18-21-8-11-22(31)12-9-21)25(13-10-20-6-4-3-5-7-20)38-17-15-24(30(36)39-19)33-29(35)27-28(34)26(37-2)14-16-32-27/h4-10,12-13,15,17,20,25-27H,11,14,16,18-19H2,1-3H3,(H,35,37);3-9,11-12,14,16,19,23-25,34H,10,13,15,17-18H2,1-2H3,(H,33,35)/t20-,25-,26-,27+;19-,23-,24-,25+/m00/s1. The second-order valence-corrected chi connectivity index (χ2v) is 19.8. The number of hydrogen-bond acceptors (Lipinski definition) is 15. The Hall–Kier alpha value is -8.29. The largest absolute Gasteiger partial charge is 0.503 e. The molecular formula is C62H68F2N4O13. The second kappa shape index (κ2) is 29.8. The van der Waals surface area contributed by atoms with Gasteiger partial charge in [0.25, 0.3) is 11.8 Å². The van der Waals surface area contributed by atoms with Crippen molar-refractivity contribution in [2.45, 2.75) is 109 Å². The number of ether oxygens (including phenoxy) is 7. The van der Waals surface area contributed by atoms with Crippen molar-refractivity contribution >= 4 is 29.7 Å². The van der Waals surface area contributed by atoms with Crippen LogP contribution in [-0.2, 0) is 59.0 Å². The van der Waals surface area contributed by atoms with E-state index in [4.69, 9.17) is 33.2 Å². The van der Waals surface area contributed by atoms with Gasteiger partial charge in [-0.2, -0.15) is 0 Å². The van der Waals surface area contributed by atoms with Crippen LogP contribution in [0.3, 0.4) is 0 Å². The Morgan fingerprint density at radius 2 is 1.01 bits per heavy atom. The summed E-state index contributed by atoms with van der Waals surface area (Å²) in [6.07, 6.45) is 5.25. The van der Waals surface area contributed by atoms with Crippen molar-refractivity contribution in [1.29, 1.82) is 0 Å². The molecule has 2 aromatic heterocycles. The summed E-state index contributed by atoms with van der Waals surface area (Å²) < 4.78 is 67.1. The van der Waals surface area contributed by atoms with Crippen LogP contribution in [0.15, 0.2) is 134 Å². The molecular weight excluding hydrogens is 1050 g/mol. The van der Waals surface area contributed by atoms with Crippen LogP contribution < -0.4 is 24.8 Å². The Morgan fingerprint density at radius 3 is 1.44 bits per heavy atom. The lowest BCUT2D eigenvalue weighted by Crippen LogP contribution is -2.44. The highest BCUT2D eigenvalue weighted by Crippen LogP contribution is 2.33. The van der Waals surface area contributed by atoms with Gasteiger partial charge in [-0.3, -0.25) is 14.4 Å². The van der Waals surface area contributed by atoms with Crippen molar-refractivity contribution < 1.29 is 71.0 Å². The minimum atomic E-state index is -1.04. The third kappa shape index (κ3) is 17.4. The molecule has 2 saturated heterocycles. The highest BCUT2D eigenvalue weighted by atomic mass is 19.1. The summed E-state index contributed by atoms with van der Waals surface area (Å²) in [5, 5.41) is 15.6. The van der Waals surface area contributed by atoms with Gasteiger partial charge in [0.05, 0.1) is 26.4 Å². The first-order chi connectivity index (χ1) is 39.1. The quantitative estimate of drug-likeness (QED) is 0.0727. The number of benzene rings is 4. The number of methoxy groups -OCH3 is 2. The lowest BCUT2D eigenvalue weighted by Gasteiger charge is -2.31. The van der Waals surface area contributed by atoms with Gasteiger partial charge >= 0.3 is 17.9 Å². The minimum Gasteiger partial charge on any atom is -0.503 e. The number of nitrogens with zero attached hydrogens (tertiary/aromatic N) is 2. The molecule has 4 heterocycles. The highest BCUT2D eigenvalue weighted by Gasteiger charge is 2.38. The Balaban J connectivity index is 0.000000234. The summed E-state index contributed by atoms with van der Waals surface area (Å²) >= 11 is 0. The number of cyclic esters (lactones) is 2. The number of esters is 3. The second-order valence-electron chi connectivity index (χ2n) is 19.8. The van der Waals surface area contributed by atoms with Gasteiger partial charge in [-0.15, -0.1) is 0 Å². The topological polar surface area (TPSA) is 220 Å². The fraction of sp³-hybridized carbons (Fsp3) is 0.371. The molecule has 0 bridgehead atoms. The molecule has 0 saturated carbocycles. The van der Waals surface area contributed by atoms with E-state index >= 15 is 0 Å². The van der Waals surface area contributed by atoms with Crippen LogP contribution in [0.1, 0.15) is 89.7 Å². The van der Waals surface area contributed by atoms with Gasteiger partial charge in [-0.1, -0.05) is 84.9 Å². The predicted molar refractivity (Wildman–Crippen MR) is 294 cm³/mol. The first-order valence-electron chi connectivity index (χ1n) is 26.9. The number of aryl methyl sites for hydroxylation is 2. The number of halogens is 2. The van der Waals surface area contributed by atoms with Crippen molar-refractivity contribution in [3.05, 3.63) is 179 Å². The fourth-order valence-electron chi connectivity index (χ4n) is 9.83. The van der Waals surface area contributed by atoms with Gasteiger partial charge in [-0.05, 0) is 98.9 Å². The van der Waals surface area contributed by atoms with E-state index in [9.17, 15) is 37.9 Å². The lowest BCUT2D eigenvalue weighted by atomic mass is 9.86. The van der Waals surface area contributed by atoms with E-state index < -0.39 is 59.8 Å². The number of rotatable bonds is 17. The number of pyridine rings is 2. The van der Waals surface area contributed by atoms with Crippen molar-refractivity contribution in [2.24, 2.45) is 11.8 Å². The molecule has 8 atom stereocenters. The van der Waals surface area contributed by atoms with Gasteiger partial charge < -0.3 is 48.9 Å². The number of carbonyl (C=O) groups excluding carboxylic acids is 5. The molecule has 3 N–H and O–H groups in total. The van der Waals surface area contributed by atoms with Gasteiger partial charge in [-0.25, -0.2) is 28.3 Å². The first kappa shape index (κ1) is 60.4. The zero-order chi connectivity index (χ0) is 57.8. The van der Waals surface area contributed by atoms with E-state index in [1.54, 1.807) is 31.2 Å². The molecule has 2 amide bonds. The zero-order valence-electron chi connectivity index (χ0n) is 45.9. The molecule has 2 aliphatic heterocycles. The van der Waals surface area contributed by atoms with Gasteiger partial charge in [0.1, 0.15) is 35.9 Å². The minimum absolute atomic E-state index is 0.0917. The zero-order valence-corrected chi connectivity index (χ0v) is 45.9. The Bertz CT molecular complexity index is 3030. The van der Waals surface area contributed by atoms with Crippen LogP contribution >= 0.6 is 0 Å². The molecule has 81 heavy (non-hydrogen) atoms. The van der Waals surface area contributed by atoms with Crippen molar-refractivity contribution in [3.8, 4) is 23.0 Å². The monoisotopic (exact) mass is 1110 g/mol. The smallest absolute Gasteiger partial charge is 0.329 e. The summed E-state index contributed by atoms with van der Waals surface area (Å²) in [5.41, 5.74) is 3.66. The van der Waals surface area contributed by atoms with Gasteiger partial charge in [0.2, 0.25) is 5.75 Å². The van der Waals surface area contributed by atoms with Crippen molar-refractivity contribution in [3.63, 3.8) is 0 Å². The lowest BCUT2D eigenvalue weighted by molar-refractivity contribution is -0.155. The van der Waals surface area contributed by atoms with E-state index in [2.05, 4.69) is 44.9 Å². The van der Waals surface area contributed by atoms with E-state index in [0.29, 0.717) is 25.7 Å². The molecule has 17 nitrogen and oxygen atoms in total. The number of nitrogens with one attached hydrogen (secondary N) is 2.